The number of thiazole rings is 1. The molecule has 3 aromatic rings. The van der Waals surface area contributed by atoms with Gasteiger partial charge in [-0.25, -0.2) is 9.37 Å². The molecule has 0 unspecified atom stereocenters. The van der Waals surface area contributed by atoms with Crippen molar-refractivity contribution in [1.29, 1.82) is 0 Å². The zero-order valence-corrected chi connectivity index (χ0v) is 18.0. The highest BCUT2D eigenvalue weighted by Gasteiger charge is 2.28. The molecular weight excluding hydrogens is 413 g/mol. The molecule has 1 aromatic heterocycles. The number of fused-ring (bicyclic) bond motifs is 1. The van der Waals surface area contributed by atoms with Gasteiger partial charge >= 0.3 is 0 Å². The monoisotopic (exact) mass is 435 g/mol. The van der Waals surface area contributed by atoms with E-state index in [0.29, 0.717) is 17.2 Å². The number of rotatable bonds is 4. The van der Waals surface area contributed by atoms with Crippen LogP contribution in [0.5, 0.6) is 0 Å². The molecule has 1 aliphatic heterocycles. The van der Waals surface area contributed by atoms with E-state index < -0.39 is 5.82 Å². The zero-order chi connectivity index (χ0) is 21.5. The van der Waals surface area contributed by atoms with Crippen LogP contribution in [-0.2, 0) is 11.2 Å². The summed E-state index contributed by atoms with van der Waals surface area (Å²) in [6.45, 7) is 2.56. The van der Waals surface area contributed by atoms with Crippen LogP contribution in [0.25, 0.3) is 11.3 Å². The van der Waals surface area contributed by atoms with E-state index in [1.54, 1.807) is 17.0 Å². The Hall–Kier alpha value is -3.06. The van der Waals surface area contributed by atoms with Gasteiger partial charge in [-0.3, -0.25) is 9.59 Å². The lowest BCUT2D eigenvalue weighted by molar-refractivity contribution is -0.122. The number of halogens is 1. The average Bonchev–Trinajstić information content (AvgIpc) is 3.28. The third kappa shape index (κ3) is 3.74. The van der Waals surface area contributed by atoms with E-state index in [2.05, 4.69) is 16.4 Å². The second-order valence-corrected chi connectivity index (χ2v) is 9.30. The topological polar surface area (TPSA) is 62.3 Å². The second kappa shape index (κ2) is 7.89. The summed E-state index contributed by atoms with van der Waals surface area (Å²) in [6, 6.07) is 11.7. The van der Waals surface area contributed by atoms with Crippen LogP contribution in [0.2, 0.25) is 0 Å². The fourth-order valence-electron chi connectivity index (χ4n) is 4.13. The van der Waals surface area contributed by atoms with E-state index in [-0.39, 0.29) is 17.7 Å². The molecule has 5 nitrogen and oxygen atoms in total. The predicted octanol–water partition coefficient (Wildman–Crippen LogP) is 5.20. The molecular formula is C24H22FN3O2S. The van der Waals surface area contributed by atoms with Gasteiger partial charge in [0, 0.05) is 34.2 Å². The average molecular weight is 436 g/mol. The molecule has 7 heteroatoms. The van der Waals surface area contributed by atoms with E-state index in [1.165, 1.54) is 23.5 Å². The molecule has 158 valence electrons. The largest absolute Gasteiger partial charge is 0.308 e. The number of carbonyl (C=O) groups is 2. The summed E-state index contributed by atoms with van der Waals surface area (Å²) >= 11 is 1.48. The fraction of sp³-hybridized carbons (Fsp3) is 0.292. The molecule has 1 saturated carbocycles. The first-order valence-corrected chi connectivity index (χ1v) is 11.3. The fourth-order valence-corrected chi connectivity index (χ4v) is 4.97. The van der Waals surface area contributed by atoms with Crippen LogP contribution in [0.1, 0.15) is 40.1 Å². The van der Waals surface area contributed by atoms with Crippen molar-refractivity contribution in [3.05, 3.63) is 64.3 Å². The van der Waals surface area contributed by atoms with E-state index in [9.17, 15) is 14.0 Å². The summed E-state index contributed by atoms with van der Waals surface area (Å²) in [5, 5.41) is 3.59. The van der Waals surface area contributed by atoms with Crippen molar-refractivity contribution in [1.82, 2.24) is 4.98 Å². The molecule has 0 saturated heterocycles. The first kappa shape index (κ1) is 19.9. The highest BCUT2D eigenvalue weighted by atomic mass is 32.1. The molecule has 0 atom stereocenters. The van der Waals surface area contributed by atoms with Gasteiger partial charge in [-0.2, -0.15) is 0 Å². The molecule has 0 bridgehead atoms. The number of benzene rings is 2. The Morgan fingerprint density at radius 1 is 1.19 bits per heavy atom. The molecule has 5 rings (SSSR count). The highest BCUT2D eigenvalue weighted by Crippen LogP contribution is 2.37. The molecule has 31 heavy (non-hydrogen) atoms. The van der Waals surface area contributed by atoms with Gasteiger partial charge in [-0.05, 0) is 62.1 Å². The maximum Gasteiger partial charge on any atom is 0.258 e. The van der Waals surface area contributed by atoms with Crippen molar-refractivity contribution in [3.63, 3.8) is 0 Å². The Kier molecular flexibility index (Phi) is 5.06. The normalized spacial score (nSPS) is 15.5. The first-order chi connectivity index (χ1) is 15.0. The van der Waals surface area contributed by atoms with Crippen LogP contribution in [0.3, 0.4) is 0 Å². The van der Waals surface area contributed by atoms with E-state index in [4.69, 9.17) is 0 Å². The molecule has 0 spiro atoms. The summed E-state index contributed by atoms with van der Waals surface area (Å²) in [5.74, 6) is -0.432. The minimum Gasteiger partial charge on any atom is -0.308 e. The van der Waals surface area contributed by atoms with Gasteiger partial charge < -0.3 is 10.2 Å². The lowest BCUT2D eigenvalue weighted by Crippen LogP contribution is -2.28. The molecule has 2 aliphatic rings. The third-order valence-corrected chi connectivity index (χ3v) is 6.95. The second-order valence-electron chi connectivity index (χ2n) is 8.10. The number of hydrogen-bond acceptors (Lipinski definition) is 4. The maximum absolute atomic E-state index is 13.5. The number of nitrogens with zero attached hydrogens (tertiary/aromatic N) is 2. The van der Waals surface area contributed by atoms with Crippen molar-refractivity contribution in [2.45, 2.75) is 32.6 Å². The Bertz CT molecular complexity index is 1190. The Morgan fingerprint density at radius 3 is 2.77 bits per heavy atom. The number of nitrogens with one attached hydrogen (secondary N) is 1. The van der Waals surface area contributed by atoms with Crippen LogP contribution in [0.15, 0.2) is 42.5 Å². The smallest absolute Gasteiger partial charge is 0.258 e. The number of amides is 2. The summed E-state index contributed by atoms with van der Waals surface area (Å²) < 4.78 is 13.5. The molecule has 2 heterocycles. The van der Waals surface area contributed by atoms with Crippen LogP contribution >= 0.6 is 11.3 Å². The zero-order valence-electron chi connectivity index (χ0n) is 17.2. The molecule has 2 aromatic carbocycles. The minimum atomic E-state index is -0.417. The minimum absolute atomic E-state index is 0.0620. The van der Waals surface area contributed by atoms with Crippen molar-refractivity contribution in [2.24, 2.45) is 5.92 Å². The van der Waals surface area contributed by atoms with E-state index in [0.717, 1.165) is 53.1 Å². The van der Waals surface area contributed by atoms with E-state index >= 15 is 0 Å². The van der Waals surface area contributed by atoms with Crippen LogP contribution in [0, 0.1) is 18.7 Å². The highest BCUT2D eigenvalue weighted by molar-refractivity contribution is 7.16. The SMILES string of the molecule is Cc1sc(NC(=O)C2CCC2)nc1-c1ccc2c(c1)CCN2C(=O)c1cccc(F)c1. The van der Waals surface area contributed by atoms with Gasteiger partial charge in [0.25, 0.3) is 5.91 Å². The van der Waals surface area contributed by atoms with Crippen LogP contribution < -0.4 is 10.2 Å². The molecule has 1 fully saturated rings. The summed E-state index contributed by atoms with van der Waals surface area (Å²) in [4.78, 5) is 32.5. The Balaban J connectivity index is 1.37. The van der Waals surface area contributed by atoms with Crippen molar-refractivity contribution >= 4 is 34.0 Å². The Labute approximate surface area is 183 Å². The number of anilines is 2. The molecule has 2 amide bonds. The lowest BCUT2D eigenvalue weighted by atomic mass is 9.85. The molecule has 1 aliphatic carbocycles. The van der Waals surface area contributed by atoms with Crippen molar-refractivity contribution in [3.8, 4) is 11.3 Å². The van der Waals surface area contributed by atoms with Crippen molar-refractivity contribution < 1.29 is 14.0 Å². The van der Waals surface area contributed by atoms with Gasteiger partial charge in [-0.1, -0.05) is 18.6 Å². The molecule has 1 N–H and O–H groups in total. The van der Waals surface area contributed by atoms with Gasteiger partial charge in [-0.15, -0.1) is 11.3 Å². The molecule has 0 radical (unpaired) electrons. The summed E-state index contributed by atoms with van der Waals surface area (Å²) in [6.07, 6.45) is 3.77. The lowest BCUT2D eigenvalue weighted by Gasteiger charge is -2.23. The third-order valence-electron chi connectivity index (χ3n) is 6.07. The number of carbonyl (C=O) groups excluding carboxylic acids is 2. The van der Waals surface area contributed by atoms with Gasteiger partial charge in [0.2, 0.25) is 5.91 Å². The number of hydrogen-bond donors (Lipinski definition) is 1. The van der Waals surface area contributed by atoms with Crippen molar-refractivity contribution in [2.75, 3.05) is 16.8 Å². The summed E-state index contributed by atoms with van der Waals surface area (Å²) in [5.41, 5.74) is 4.08. The quantitative estimate of drug-likeness (QED) is 0.613. The number of aryl methyl sites for hydroxylation is 1. The van der Waals surface area contributed by atoms with Crippen LogP contribution in [-0.4, -0.2) is 23.3 Å². The standard InChI is InChI=1S/C24H22FN3O2S/c1-14-21(26-24(31-14)27-22(29)15-4-2-5-15)17-8-9-20-16(12-17)10-11-28(20)23(30)18-6-3-7-19(25)13-18/h3,6-9,12-13,15H,2,4-5,10-11H2,1H3,(H,26,27,29). The van der Waals surface area contributed by atoms with Crippen LogP contribution in [0.4, 0.5) is 15.2 Å². The number of aromatic nitrogens is 1. The van der Waals surface area contributed by atoms with Gasteiger partial charge in [0.15, 0.2) is 5.13 Å². The predicted molar refractivity (Wildman–Crippen MR) is 120 cm³/mol. The first-order valence-electron chi connectivity index (χ1n) is 10.5. The summed E-state index contributed by atoms with van der Waals surface area (Å²) in [7, 11) is 0. The van der Waals surface area contributed by atoms with Gasteiger partial charge in [0.1, 0.15) is 5.82 Å². The Morgan fingerprint density at radius 2 is 2.03 bits per heavy atom. The van der Waals surface area contributed by atoms with E-state index in [1.807, 2.05) is 19.1 Å². The van der Waals surface area contributed by atoms with Gasteiger partial charge in [0.05, 0.1) is 5.69 Å². The maximum atomic E-state index is 13.5.